The Hall–Kier alpha value is -2.86. The summed E-state index contributed by atoms with van der Waals surface area (Å²) in [7, 11) is 0. The first-order chi connectivity index (χ1) is 13.3. The molecule has 1 amide bonds. The van der Waals surface area contributed by atoms with Crippen LogP contribution in [0.2, 0.25) is 0 Å². The third kappa shape index (κ3) is 4.51. The Bertz CT molecular complexity index is 1090. The Kier molecular flexibility index (Phi) is 5.99. The number of thioether (sulfide) groups is 1. The predicted molar refractivity (Wildman–Crippen MR) is 115 cm³/mol. The topological polar surface area (TPSA) is 64.0 Å². The van der Waals surface area contributed by atoms with Crippen molar-refractivity contribution >= 4 is 23.4 Å². The van der Waals surface area contributed by atoms with Crippen LogP contribution < -0.4 is 10.9 Å². The molecule has 5 nitrogen and oxygen atoms in total. The third-order valence-corrected chi connectivity index (χ3v) is 5.55. The van der Waals surface area contributed by atoms with Gasteiger partial charge in [0, 0.05) is 23.8 Å². The summed E-state index contributed by atoms with van der Waals surface area (Å²) in [6, 6.07) is 11.8. The van der Waals surface area contributed by atoms with Gasteiger partial charge in [-0.15, -0.1) is 0 Å². The van der Waals surface area contributed by atoms with E-state index >= 15 is 0 Å². The van der Waals surface area contributed by atoms with Crippen LogP contribution in [0, 0.1) is 27.7 Å². The van der Waals surface area contributed by atoms with E-state index in [-0.39, 0.29) is 17.2 Å². The lowest BCUT2D eigenvalue weighted by atomic mass is 10.1. The van der Waals surface area contributed by atoms with Crippen molar-refractivity contribution in [2.24, 2.45) is 0 Å². The molecule has 3 rings (SSSR count). The SMILES string of the molecule is Cc1ccc(C)c(NC(=O)CSc2nccn(-c3ccc(C)c(C)c3)c2=O)c1. The number of aromatic nitrogens is 2. The number of carbonyl (C=O) groups excluding carboxylic acids is 1. The smallest absolute Gasteiger partial charge is 0.287 e. The highest BCUT2D eigenvalue weighted by molar-refractivity contribution is 7.99. The summed E-state index contributed by atoms with van der Waals surface area (Å²) in [6.45, 7) is 7.97. The Morgan fingerprint density at radius 2 is 1.79 bits per heavy atom. The van der Waals surface area contributed by atoms with Gasteiger partial charge in [-0.2, -0.15) is 0 Å². The number of rotatable bonds is 5. The van der Waals surface area contributed by atoms with Gasteiger partial charge in [-0.25, -0.2) is 4.98 Å². The molecule has 1 aromatic heterocycles. The molecule has 0 atom stereocenters. The quantitative estimate of drug-likeness (QED) is 0.660. The molecule has 0 unspecified atom stereocenters. The molecule has 28 heavy (non-hydrogen) atoms. The summed E-state index contributed by atoms with van der Waals surface area (Å²) in [5, 5.41) is 3.21. The van der Waals surface area contributed by atoms with Gasteiger partial charge < -0.3 is 5.32 Å². The second-order valence-electron chi connectivity index (χ2n) is 6.83. The van der Waals surface area contributed by atoms with Crippen LogP contribution in [0.25, 0.3) is 5.69 Å². The fraction of sp³-hybridized carbons (Fsp3) is 0.227. The summed E-state index contributed by atoms with van der Waals surface area (Å²) in [5.74, 6) is -0.0477. The van der Waals surface area contributed by atoms with Crippen molar-refractivity contribution in [3.8, 4) is 5.69 Å². The number of amides is 1. The minimum absolute atomic E-state index is 0.118. The molecule has 0 saturated carbocycles. The Morgan fingerprint density at radius 1 is 1.04 bits per heavy atom. The lowest BCUT2D eigenvalue weighted by Crippen LogP contribution is -2.22. The molecule has 1 N–H and O–H groups in total. The summed E-state index contributed by atoms with van der Waals surface area (Å²) < 4.78 is 1.56. The van der Waals surface area contributed by atoms with Crippen molar-refractivity contribution in [1.29, 1.82) is 0 Å². The van der Waals surface area contributed by atoms with E-state index in [1.54, 1.807) is 17.0 Å². The first-order valence-electron chi connectivity index (χ1n) is 9.00. The number of hydrogen-bond donors (Lipinski definition) is 1. The van der Waals surface area contributed by atoms with Gasteiger partial charge in [-0.1, -0.05) is 30.0 Å². The van der Waals surface area contributed by atoms with Crippen molar-refractivity contribution in [3.63, 3.8) is 0 Å². The fourth-order valence-corrected chi connectivity index (χ4v) is 3.46. The van der Waals surface area contributed by atoms with E-state index in [2.05, 4.69) is 10.3 Å². The van der Waals surface area contributed by atoms with Gasteiger partial charge in [0.1, 0.15) is 0 Å². The maximum Gasteiger partial charge on any atom is 0.287 e. The second-order valence-corrected chi connectivity index (χ2v) is 7.80. The second kappa shape index (κ2) is 8.44. The zero-order valence-electron chi connectivity index (χ0n) is 16.4. The number of anilines is 1. The Morgan fingerprint density at radius 3 is 2.54 bits per heavy atom. The van der Waals surface area contributed by atoms with Crippen LogP contribution in [0.5, 0.6) is 0 Å². The number of nitrogens with zero attached hydrogens (tertiary/aromatic N) is 2. The molecule has 6 heteroatoms. The van der Waals surface area contributed by atoms with E-state index in [9.17, 15) is 9.59 Å². The lowest BCUT2D eigenvalue weighted by molar-refractivity contribution is -0.113. The third-order valence-electron chi connectivity index (χ3n) is 4.59. The predicted octanol–water partition coefficient (Wildman–Crippen LogP) is 4.20. The van der Waals surface area contributed by atoms with Crippen LogP contribution in [0.4, 0.5) is 5.69 Å². The van der Waals surface area contributed by atoms with E-state index in [0.29, 0.717) is 5.03 Å². The number of benzene rings is 2. The van der Waals surface area contributed by atoms with E-state index in [4.69, 9.17) is 0 Å². The number of nitrogens with one attached hydrogen (secondary N) is 1. The van der Waals surface area contributed by atoms with Gasteiger partial charge in [0.15, 0.2) is 5.03 Å². The van der Waals surface area contributed by atoms with Crippen molar-refractivity contribution in [1.82, 2.24) is 9.55 Å². The molecule has 0 fully saturated rings. The average molecular weight is 394 g/mol. The van der Waals surface area contributed by atoms with Crippen molar-refractivity contribution in [3.05, 3.63) is 81.4 Å². The van der Waals surface area contributed by atoms with Crippen molar-refractivity contribution < 1.29 is 4.79 Å². The van der Waals surface area contributed by atoms with Crippen LogP contribution in [0.15, 0.2) is 58.6 Å². The van der Waals surface area contributed by atoms with Gasteiger partial charge in [0.2, 0.25) is 5.91 Å². The van der Waals surface area contributed by atoms with Crippen LogP contribution in [0.3, 0.4) is 0 Å². The molecule has 2 aromatic carbocycles. The fourth-order valence-electron chi connectivity index (χ4n) is 2.76. The summed E-state index contributed by atoms with van der Waals surface area (Å²) >= 11 is 1.14. The number of carbonyl (C=O) groups is 1. The molecule has 0 spiro atoms. The van der Waals surface area contributed by atoms with Gasteiger partial charge >= 0.3 is 0 Å². The Balaban J connectivity index is 1.74. The van der Waals surface area contributed by atoms with E-state index in [0.717, 1.165) is 39.8 Å². The van der Waals surface area contributed by atoms with Crippen LogP contribution in [-0.4, -0.2) is 21.2 Å². The maximum atomic E-state index is 12.8. The van der Waals surface area contributed by atoms with E-state index < -0.39 is 0 Å². The van der Waals surface area contributed by atoms with Gasteiger partial charge in [-0.3, -0.25) is 14.2 Å². The number of hydrogen-bond acceptors (Lipinski definition) is 4. The highest BCUT2D eigenvalue weighted by Gasteiger charge is 2.11. The molecular formula is C22H23N3O2S. The molecular weight excluding hydrogens is 370 g/mol. The molecule has 3 aromatic rings. The summed E-state index contributed by atoms with van der Waals surface area (Å²) in [5.41, 5.74) is 5.71. The minimum Gasteiger partial charge on any atom is -0.325 e. The molecule has 0 aliphatic heterocycles. The van der Waals surface area contributed by atoms with Crippen LogP contribution in [0.1, 0.15) is 22.3 Å². The molecule has 0 saturated heterocycles. The van der Waals surface area contributed by atoms with Gasteiger partial charge in [0.25, 0.3) is 5.56 Å². The van der Waals surface area contributed by atoms with Crippen molar-refractivity contribution in [2.45, 2.75) is 32.7 Å². The molecule has 144 valence electrons. The van der Waals surface area contributed by atoms with Crippen LogP contribution >= 0.6 is 11.8 Å². The largest absolute Gasteiger partial charge is 0.325 e. The zero-order valence-corrected chi connectivity index (χ0v) is 17.3. The monoisotopic (exact) mass is 393 g/mol. The first kappa shape index (κ1) is 19.9. The van der Waals surface area contributed by atoms with Crippen LogP contribution in [-0.2, 0) is 4.79 Å². The minimum atomic E-state index is -0.227. The standard InChI is InChI=1S/C22H23N3O2S/c1-14-5-6-16(3)19(11-14)24-20(26)13-28-21-22(27)25(10-9-23-21)18-8-7-15(2)17(4)12-18/h5-12H,13H2,1-4H3,(H,24,26). The average Bonchev–Trinajstić information content (AvgIpc) is 2.66. The molecule has 0 aliphatic carbocycles. The zero-order chi connectivity index (χ0) is 20.3. The summed E-state index contributed by atoms with van der Waals surface area (Å²) in [4.78, 5) is 29.3. The van der Waals surface area contributed by atoms with Crippen molar-refractivity contribution in [2.75, 3.05) is 11.1 Å². The molecule has 1 heterocycles. The number of aryl methyl sites for hydroxylation is 4. The molecule has 0 aliphatic rings. The van der Waals surface area contributed by atoms with E-state index in [1.807, 2.05) is 64.1 Å². The first-order valence-corrected chi connectivity index (χ1v) is 9.99. The highest BCUT2D eigenvalue weighted by atomic mass is 32.2. The highest BCUT2D eigenvalue weighted by Crippen LogP contribution is 2.18. The maximum absolute atomic E-state index is 12.8. The van der Waals surface area contributed by atoms with Gasteiger partial charge in [-0.05, 0) is 68.1 Å². The lowest BCUT2D eigenvalue weighted by Gasteiger charge is -2.10. The molecule has 0 bridgehead atoms. The van der Waals surface area contributed by atoms with E-state index in [1.165, 1.54) is 5.56 Å². The Labute approximate surface area is 168 Å². The summed E-state index contributed by atoms with van der Waals surface area (Å²) in [6.07, 6.45) is 3.23. The normalized spacial score (nSPS) is 10.7. The molecule has 0 radical (unpaired) electrons. The van der Waals surface area contributed by atoms with Gasteiger partial charge in [0.05, 0.1) is 5.75 Å².